The molecule has 2 fully saturated rings. The van der Waals surface area contributed by atoms with Crippen molar-refractivity contribution < 1.29 is 33.0 Å². The number of hydrogen-bond acceptors (Lipinski definition) is 9. The van der Waals surface area contributed by atoms with Crippen LogP contribution in [-0.4, -0.2) is 45.5 Å². The average Bonchev–Trinajstić information content (AvgIpc) is 3.71. The monoisotopic (exact) mass is 551 g/mol. The van der Waals surface area contributed by atoms with Crippen LogP contribution in [-0.2, 0) is 6.54 Å². The number of nitrogens with zero attached hydrogens (tertiary/aromatic N) is 3. The van der Waals surface area contributed by atoms with Crippen molar-refractivity contribution in [3.8, 4) is 11.5 Å². The van der Waals surface area contributed by atoms with Crippen LogP contribution in [0.3, 0.4) is 0 Å². The van der Waals surface area contributed by atoms with E-state index in [0.717, 1.165) is 24.5 Å². The van der Waals surface area contributed by atoms with Crippen LogP contribution in [0.4, 0.5) is 14.9 Å². The van der Waals surface area contributed by atoms with E-state index in [0.29, 0.717) is 48.9 Å². The second kappa shape index (κ2) is 9.87. The lowest BCUT2D eigenvalue weighted by Gasteiger charge is -2.42. The zero-order valence-corrected chi connectivity index (χ0v) is 21.5. The fourth-order valence-corrected chi connectivity index (χ4v) is 5.34. The van der Waals surface area contributed by atoms with Crippen molar-refractivity contribution in [3.63, 3.8) is 0 Å². The summed E-state index contributed by atoms with van der Waals surface area (Å²) >= 11 is 0. The van der Waals surface area contributed by atoms with Crippen molar-refractivity contribution in [2.45, 2.75) is 38.4 Å². The Hall–Kier alpha value is -4.58. The minimum absolute atomic E-state index is 0.0473. The van der Waals surface area contributed by atoms with Gasteiger partial charge in [-0.3, -0.25) is 9.69 Å². The summed E-state index contributed by atoms with van der Waals surface area (Å²) in [4.78, 5) is 39.7. The van der Waals surface area contributed by atoms with Gasteiger partial charge in [-0.1, -0.05) is 12.1 Å². The number of anilines is 1. The summed E-state index contributed by atoms with van der Waals surface area (Å²) in [5.41, 5.74) is 0.991. The number of carbonyl (C=O) groups is 1. The van der Waals surface area contributed by atoms with Gasteiger partial charge in [0.2, 0.25) is 5.43 Å². The van der Waals surface area contributed by atoms with Crippen LogP contribution in [0, 0.1) is 12.7 Å². The molecule has 1 saturated heterocycles. The molecule has 40 heavy (non-hydrogen) atoms. The molecule has 1 saturated carbocycles. The minimum atomic E-state index is -1.61. The quantitative estimate of drug-likeness (QED) is 0.336. The standard InChI is InChI=1S/C28H26FN3O8/c1-15-24(40-28(37)38-15)13-31-9-8-30(12-23(31)16-2-6-18(33)7-3-16)22-11-21-19(10-20(22)29)26(34)25(39-27(35)36)14-32(21)17-4-5-17/h2-3,6-7,10-11,14,17,23,33H,4-5,8-9,12-13H2,1H3,(H,35,36). The van der Waals surface area contributed by atoms with Crippen LogP contribution in [0.15, 0.2) is 61.0 Å². The number of benzene rings is 2. The molecule has 1 aliphatic carbocycles. The third kappa shape index (κ3) is 4.81. The molecule has 0 radical (unpaired) electrons. The predicted octanol–water partition coefficient (Wildman–Crippen LogP) is 4.16. The van der Waals surface area contributed by atoms with E-state index >= 15 is 4.39 Å². The number of ether oxygens (including phenoxy) is 1. The van der Waals surface area contributed by atoms with E-state index in [2.05, 4.69) is 4.90 Å². The molecule has 1 atom stereocenters. The van der Waals surface area contributed by atoms with Crippen LogP contribution in [0.1, 0.15) is 42.0 Å². The van der Waals surface area contributed by atoms with Gasteiger partial charge in [0, 0.05) is 25.7 Å². The van der Waals surface area contributed by atoms with Gasteiger partial charge in [0.1, 0.15) is 17.3 Å². The third-order valence-corrected chi connectivity index (χ3v) is 7.50. The van der Waals surface area contributed by atoms with Gasteiger partial charge >= 0.3 is 12.0 Å². The van der Waals surface area contributed by atoms with Crippen molar-refractivity contribution in [2.24, 2.45) is 0 Å². The molecule has 1 unspecified atom stereocenters. The summed E-state index contributed by atoms with van der Waals surface area (Å²) in [7, 11) is 0. The van der Waals surface area contributed by atoms with E-state index in [4.69, 9.17) is 18.7 Å². The lowest BCUT2D eigenvalue weighted by Crippen LogP contribution is -2.48. The van der Waals surface area contributed by atoms with E-state index in [-0.39, 0.29) is 29.0 Å². The maximum Gasteiger partial charge on any atom is 0.519 e. The molecule has 208 valence electrons. The number of phenols is 1. The molecule has 0 bridgehead atoms. The van der Waals surface area contributed by atoms with Crippen LogP contribution >= 0.6 is 0 Å². The van der Waals surface area contributed by atoms with Crippen molar-refractivity contribution >= 4 is 22.7 Å². The third-order valence-electron chi connectivity index (χ3n) is 7.50. The largest absolute Gasteiger partial charge is 0.519 e. The molecule has 2 aromatic carbocycles. The fraction of sp³-hybridized carbons (Fsp3) is 0.321. The summed E-state index contributed by atoms with van der Waals surface area (Å²) in [6, 6.07) is 9.33. The Morgan fingerprint density at radius 3 is 2.52 bits per heavy atom. The Kier molecular flexibility index (Phi) is 6.34. The minimum Gasteiger partial charge on any atom is -0.508 e. The van der Waals surface area contributed by atoms with Crippen LogP contribution < -0.4 is 20.9 Å². The highest BCUT2D eigenvalue weighted by atomic mass is 19.1. The van der Waals surface area contributed by atoms with Gasteiger partial charge < -0.3 is 33.3 Å². The highest BCUT2D eigenvalue weighted by Gasteiger charge is 2.32. The molecule has 0 spiro atoms. The molecular formula is C28H26FN3O8. The van der Waals surface area contributed by atoms with Gasteiger partial charge in [0.15, 0.2) is 11.5 Å². The normalized spacial score (nSPS) is 17.9. The zero-order chi connectivity index (χ0) is 28.1. The van der Waals surface area contributed by atoms with Crippen molar-refractivity contribution in [1.82, 2.24) is 9.47 Å². The molecule has 2 N–H and O–H groups in total. The molecule has 4 aromatic rings. The highest BCUT2D eigenvalue weighted by molar-refractivity contribution is 5.85. The highest BCUT2D eigenvalue weighted by Crippen LogP contribution is 2.39. The zero-order valence-electron chi connectivity index (χ0n) is 21.5. The topological polar surface area (TPSA) is 139 Å². The number of aromatic hydroxyl groups is 1. The number of hydrogen-bond donors (Lipinski definition) is 2. The number of fused-ring (bicyclic) bond motifs is 1. The number of rotatable bonds is 6. The first-order valence-electron chi connectivity index (χ1n) is 12.8. The van der Waals surface area contributed by atoms with E-state index in [9.17, 15) is 19.5 Å². The Labute approximate surface area is 226 Å². The Balaban J connectivity index is 1.38. The van der Waals surface area contributed by atoms with Crippen molar-refractivity contribution in [1.29, 1.82) is 0 Å². The second-order valence-electron chi connectivity index (χ2n) is 10.1. The average molecular weight is 552 g/mol. The molecule has 1 aliphatic heterocycles. The molecule has 11 nitrogen and oxygen atoms in total. The van der Waals surface area contributed by atoms with E-state index in [1.54, 1.807) is 41.8 Å². The lowest BCUT2D eigenvalue weighted by molar-refractivity contribution is 0.143. The Morgan fingerprint density at radius 2 is 1.88 bits per heavy atom. The summed E-state index contributed by atoms with van der Waals surface area (Å²) in [6.45, 7) is 3.24. The molecule has 12 heteroatoms. The maximum atomic E-state index is 15.7. The molecule has 0 amide bonds. The van der Waals surface area contributed by atoms with Crippen LogP contribution in [0.5, 0.6) is 11.5 Å². The first kappa shape index (κ1) is 25.7. The van der Waals surface area contributed by atoms with Gasteiger partial charge in [-0.15, -0.1) is 0 Å². The van der Waals surface area contributed by atoms with E-state index < -0.39 is 23.2 Å². The molecule has 6 rings (SSSR count). The summed E-state index contributed by atoms with van der Waals surface area (Å²) in [5.74, 6) is -0.836. The van der Waals surface area contributed by atoms with Gasteiger partial charge in [0.25, 0.3) is 0 Å². The second-order valence-corrected chi connectivity index (χ2v) is 10.1. The lowest BCUT2D eigenvalue weighted by atomic mass is 10.0. The number of piperazine rings is 1. The SMILES string of the molecule is Cc1oc(=O)oc1CN1CCN(c2cc3c(cc2F)c(=O)c(OC(=O)O)cn3C2CC2)CC1c1ccc(O)cc1. The molecule has 2 aliphatic rings. The van der Waals surface area contributed by atoms with E-state index in [1.807, 2.05) is 4.90 Å². The molecular weight excluding hydrogens is 525 g/mol. The number of pyridine rings is 1. The molecule has 2 aromatic heterocycles. The summed E-state index contributed by atoms with van der Waals surface area (Å²) in [5, 5.41) is 18.9. The number of phenolic OH excluding ortho intramolecular Hbond substituents is 1. The number of carboxylic acid groups (broad SMARTS) is 1. The van der Waals surface area contributed by atoms with Crippen molar-refractivity contribution in [2.75, 3.05) is 24.5 Å². The first-order chi connectivity index (χ1) is 19.2. The summed E-state index contributed by atoms with van der Waals surface area (Å²) in [6.07, 6.45) is 1.47. The summed E-state index contributed by atoms with van der Waals surface area (Å²) < 4.78 is 32.4. The fourth-order valence-electron chi connectivity index (χ4n) is 5.34. The Morgan fingerprint density at radius 1 is 1.12 bits per heavy atom. The van der Waals surface area contributed by atoms with Crippen molar-refractivity contribution in [3.05, 3.63) is 86.3 Å². The van der Waals surface area contributed by atoms with E-state index in [1.165, 1.54) is 6.20 Å². The van der Waals surface area contributed by atoms with Crippen LogP contribution in [0.2, 0.25) is 0 Å². The van der Waals surface area contributed by atoms with Gasteiger partial charge in [-0.2, -0.15) is 0 Å². The number of halogens is 1. The predicted molar refractivity (Wildman–Crippen MR) is 141 cm³/mol. The first-order valence-corrected chi connectivity index (χ1v) is 12.8. The van der Waals surface area contributed by atoms with Crippen LogP contribution in [0.25, 0.3) is 10.9 Å². The van der Waals surface area contributed by atoms with Gasteiger partial charge in [-0.05, 0) is 49.6 Å². The number of aromatic nitrogens is 1. The molecule has 3 heterocycles. The van der Waals surface area contributed by atoms with Gasteiger partial charge in [-0.25, -0.2) is 14.0 Å². The maximum absolute atomic E-state index is 15.7. The Bertz CT molecular complexity index is 1720. The number of aryl methyl sites for hydroxylation is 1. The smallest absolute Gasteiger partial charge is 0.508 e. The van der Waals surface area contributed by atoms with Gasteiger partial charge in [0.05, 0.1) is 35.4 Å².